The van der Waals surface area contributed by atoms with Crippen LogP contribution in [0.1, 0.15) is 12.8 Å². The van der Waals surface area contributed by atoms with Crippen molar-refractivity contribution < 1.29 is 18.7 Å². The lowest BCUT2D eigenvalue weighted by Gasteiger charge is -2.17. The minimum absolute atomic E-state index is 0.0135. The lowest BCUT2D eigenvalue weighted by Crippen LogP contribution is -2.35. The second-order valence-electron chi connectivity index (χ2n) is 5.90. The predicted molar refractivity (Wildman–Crippen MR) is 106 cm³/mol. The van der Waals surface area contributed by atoms with E-state index in [1.165, 1.54) is 17.0 Å². The summed E-state index contributed by atoms with van der Waals surface area (Å²) >= 11 is 1.55. The Morgan fingerprint density at radius 2 is 1.85 bits per heavy atom. The topological polar surface area (TPSA) is 58.6 Å². The lowest BCUT2D eigenvalue weighted by atomic mass is 10.3. The monoisotopic (exact) mass is 390 g/mol. The Balaban J connectivity index is 1.71. The van der Waals surface area contributed by atoms with E-state index >= 15 is 0 Å². The van der Waals surface area contributed by atoms with E-state index in [-0.39, 0.29) is 30.6 Å². The zero-order valence-electron chi connectivity index (χ0n) is 15.4. The molecule has 0 fully saturated rings. The van der Waals surface area contributed by atoms with Gasteiger partial charge in [-0.2, -0.15) is 0 Å². The number of likely N-dealkylation sites (N-methyl/N-ethyl adjacent to an activating group) is 1. The standard InChI is InChI=1S/C20H23FN2O3S/c1-23(14-19(24)22-17-6-3-4-7-18(17)27-2)20(25)8-5-13-26-16-11-9-15(21)10-12-16/h3-4,6-7,9-12H,5,8,13-14H2,1-2H3,(H,22,24). The Kier molecular flexibility index (Phi) is 8.13. The first-order valence-corrected chi connectivity index (χ1v) is 9.77. The molecule has 0 aliphatic carbocycles. The average molecular weight is 390 g/mol. The van der Waals surface area contributed by atoms with Crippen LogP contribution < -0.4 is 10.1 Å². The number of halogens is 1. The van der Waals surface area contributed by atoms with Crippen LogP contribution in [0.15, 0.2) is 53.4 Å². The highest BCUT2D eigenvalue weighted by molar-refractivity contribution is 7.98. The number of ether oxygens (including phenoxy) is 1. The van der Waals surface area contributed by atoms with E-state index in [0.717, 1.165) is 10.6 Å². The highest BCUT2D eigenvalue weighted by Gasteiger charge is 2.14. The van der Waals surface area contributed by atoms with Gasteiger partial charge in [0.1, 0.15) is 11.6 Å². The average Bonchev–Trinajstić information content (AvgIpc) is 2.66. The van der Waals surface area contributed by atoms with Gasteiger partial charge in [-0.05, 0) is 49.1 Å². The van der Waals surface area contributed by atoms with Gasteiger partial charge in [0.2, 0.25) is 11.8 Å². The fourth-order valence-electron chi connectivity index (χ4n) is 2.38. The highest BCUT2D eigenvalue weighted by Crippen LogP contribution is 2.24. The molecule has 144 valence electrons. The molecule has 7 heteroatoms. The van der Waals surface area contributed by atoms with Crippen molar-refractivity contribution in [3.63, 3.8) is 0 Å². The number of hydrogen-bond acceptors (Lipinski definition) is 4. The summed E-state index contributed by atoms with van der Waals surface area (Å²) in [6, 6.07) is 13.2. The molecule has 0 unspecified atom stereocenters. The molecule has 5 nitrogen and oxygen atoms in total. The number of carbonyl (C=O) groups excluding carboxylic acids is 2. The van der Waals surface area contributed by atoms with E-state index in [1.807, 2.05) is 30.5 Å². The first kappa shape index (κ1) is 20.8. The summed E-state index contributed by atoms with van der Waals surface area (Å²) in [6.45, 7) is 0.332. The molecule has 0 atom stereocenters. The van der Waals surface area contributed by atoms with E-state index in [0.29, 0.717) is 18.8 Å². The molecule has 0 heterocycles. The molecule has 2 rings (SSSR count). The number of nitrogens with zero attached hydrogens (tertiary/aromatic N) is 1. The summed E-state index contributed by atoms with van der Waals surface area (Å²) in [4.78, 5) is 26.7. The highest BCUT2D eigenvalue weighted by atomic mass is 32.2. The van der Waals surface area contributed by atoms with Gasteiger partial charge in [0.25, 0.3) is 0 Å². The largest absolute Gasteiger partial charge is 0.494 e. The Hall–Kier alpha value is -2.54. The number of anilines is 1. The maximum absolute atomic E-state index is 12.8. The van der Waals surface area contributed by atoms with Crippen molar-refractivity contribution in [1.82, 2.24) is 4.90 Å². The van der Waals surface area contributed by atoms with Crippen molar-refractivity contribution in [3.8, 4) is 5.75 Å². The van der Waals surface area contributed by atoms with E-state index in [2.05, 4.69) is 5.32 Å². The van der Waals surface area contributed by atoms with Gasteiger partial charge in [0.05, 0.1) is 18.8 Å². The van der Waals surface area contributed by atoms with E-state index in [1.54, 1.807) is 30.9 Å². The normalized spacial score (nSPS) is 10.3. The van der Waals surface area contributed by atoms with Crippen LogP contribution in [-0.2, 0) is 9.59 Å². The number of amides is 2. The smallest absolute Gasteiger partial charge is 0.244 e. The molecule has 0 saturated carbocycles. The molecule has 0 radical (unpaired) electrons. The Morgan fingerprint density at radius 3 is 2.56 bits per heavy atom. The van der Waals surface area contributed by atoms with Crippen LogP contribution in [0.2, 0.25) is 0 Å². The van der Waals surface area contributed by atoms with Crippen molar-refractivity contribution in [2.75, 3.05) is 31.8 Å². The van der Waals surface area contributed by atoms with Crippen molar-refractivity contribution in [1.29, 1.82) is 0 Å². The number of para-hydroxylation sites is 1. The molecule has 1 N–H and O–H groups in total. The summed E-state index contributed by atoms with van der Waals surface area (Å²) < 4.78 is 18.3. The number of hydrogen-bond donors (Lipinski definition) is 1. The lowest BCUT2D eigenvalue weighted by molar-refractivity contribution is -0.133. The second-order valence-corrected chi connectivity index (χ2v) is 6.75. The van der Waals surface area contributed by atoms with E-state index in [9.17, 15) is 14.0 Å². The maximum Gasteiger partial charge on any atom is 0.244 e. The number of nitrogens with one attached hydrogen (secondary N) is 1. The van der Waals surface area contributed by atoms with Crippen molar-refractivity contribution >= 4 is 29.3 Å². The summed E-state index contributed by atoms with van der Waals surface area (Å²) in [6.07, 6.45) is 2.72. The van der Waals surface area contributed by atoms with Crippen LogP contribution in [0.5, 0.6) is 5.75 Å². The summed E-state index contributed by atoms with van der Waals surface area (Å²) in [5, 5.41) is 2.83. The van der Waals surface area contributed by atoms with Crippen LogP contribution >= 0.6 is 11.8 Å². The summed E-state index contributed by atoms with van der Waals surface area (Å²) in [5.41, 5.74) is 0.739. The second kappa shape index (κ2) is 10.6. The number of benzene rings is 2. The Labute approximate surface area is 162 Å². The van der Waals surface area contributed by atoms with Crippen molar-refractivity contribution in [3.05, 3.63) is 54.3 Å². The summed E-state index contributed by atoms with van der Waals surface area (Å²) in [7, 11) is 1.60. The fraction of sp³-hybridized carbons (Fsp3) is 0.300. The molecule has 0 saturated heterocycles. The minimum Gasteiger partial charge on any atom is -0.494 e. The molecular weight excluding hydrogens is 367 g/mol. The quantitative estimate of drug-likeness (QED) is 0.523. The maximum atomic E-state index is 12.8. The molecule has 2 aromatic carbocycles. The molecule has 0 spiro atoms. The van der Waals surface area contributed by atoms with Crippen LogP contribution in [0.25, 0.3) is 0 Å². The third-order valence-electron chi connectivity index (χ3n) is 3.80. The fourth-order valence-corrected chi connectivity index (χ4v) is 2.93. The van der Waals surface area contributed by atoms with Gasteiger partial charge in [-0.25, -0.2) is 4.39 Å². The van der Waals surface area contributed by atoms with Crippen LogP contribution in [0.4, 0.5) is 10.1 Å². The third kappa shape index (κ3) is 6.94. The van der Waals surface area contributed by atoms with Gasteiger partial charge in [-0.3, -0.25) is 9.59 Å². The van der Waals surface area contributed by atoms with Gasteiger partial charge in [0, 0.05) is 18.4 Å². The van der Waals surface area contributed by atoms with Crippen LogP contribution in [0.3, 0.4) is 0 Å². The van der Waals surface area contributed by atoms with Gasteiger partial charge in [-0.15, -0.1) is 11.8 Å². The SMILES string of the molecule is CSc1ccccc1NC(=O)CN(C)C(=O)CCCOc1ccc(F)cc1. The predicted octanol–water partition coefficient (Wildman–Crippen LogP) is 3.80. The molecule has 0 aromatic heterocycles. The molecule has 2 aromatic rings. The third-order valence-corrected chi connectivity index (χ3v) is 4.60. The molecule has 0 bridgehead atoms. The summed E-state index contributed by atoms with van der Waals surface area (Å²) in [5.74, 6) is -0.137. The molecule has 27 heavy (non-hydrogen) atoms. The molecule has 0 aliphatic heterocycles. The van der Waals surface area contributed by atoms with Gasteiger partial charge in [0.15, 0.2) is 0 Å². The number of thioether (sulfide) groups is 1. The van der Waals surface area contributed by atoms with Crippen molar-refractivity contribution in [2.24, 2.45) is 0 Å². The zero-order chi connectivity index (χ0) is 19.6. The zero-order valence-corrected chi connectivity index (χ0v) is 16.2. The Morgan fingerprint density at radius 1 is 1.15 bits per heavy atom. The van der Waals surface area contributed by atoms with Gasteiger partial charge >= 0.3 is 0 Å². The van der Waals surface area contributed by atoms with Crippen molar-refractivity contribution in [2.45, 2.75) is 17.7 Å². The van der Waals surface area contributed by atoms with Crippen LogP contribution in [0, 0.1) is 5.82 Å². The number of carbonyl (C=O) groups is 2. The number of rotatable bonds is 9. The first-order chi connectivity index (χ1) is 13.0. The molecule has 2 amide bonds. The molecular formula is C20H23FN2O3S. The molecule has 0 aliphatic rings. The minimum atomic E-state index is -0.322. The van der Waals surface area contributed by atoms with E-state index in [4.69, 9.17) is 4.74 Å². The Bertz CT molecular complexity index is 768. The van der Waals surface area contributed by atoms with Gasteiger partial charge in [-0.1, -0.05) is 12.1 Å². The van der Waals surface area contributed by atoms with Gasteiger partial charge < -0.3 is 15.0 Å². The first-order valence-electron chi connectivity index (χ1n) is 8.55. The van der Waals surface area contributed by atoms with Crippen LogP contribution in [-0.4, -0.2) is 43.2 Å². The van der Waals surface area contributed by atoms with E-state index < -0.39 is 0 Å².